The fourth-order valence-corrected chi connectivity index (χ4v) is 5.31. The molecule has 2 aliphatic rings. The molecule has 0 radical (unpaired) electrons. The maximum absolute atomic E-state index is 14.1. The predicted octanol–water partition coefficient (Wildman–Crippen LogP) is 4.73. The van der Waals surface area contributed by atoms with Crippen LogP contribution in [0.3, 0.4) is 0 Å². The quantitative estimate of drug-likeness (QED) is 0.383. The number of rotatable bonds is 7. The zero-order valence-corrected chi connectivity index (χ0v) is 20.4. The summed E-state index contributed by atoms with van der Waals surface area (Å²) in [6, 6.07) is 17.8. The van der Waals surface area contributed by atoms with E-state index >= 15 is 0 Å². The molecule has 1 saturated carbocycles. The smallest absolute Gasteiger partial charge is 0.268 e. The molecule has 2 aromatic heterocycles. The molecular weight excluding hydrogens is 470 g/mol. The van der Waals surface area contributed by atoms with Crippen LogP contribution in [0.5, 0.6) is 11.5 Å². The van der Waals surface area contributed by atoms with Gasteiger partial charge in [0.2, 0.25) is 12.0 Å². The summed E-state index contributed by atoms with van der Waals surface area (Å²) in [7, 11) is 0. The molecule has 0 bridgehead atoms. The van der Waals surface area contributed by atoms with Crippen LogP contribution in [0.1, 0.15) is 43.0 Å². The molecule has 1 aliphatic heterocycles. The lowest BCUT2D eigenvalue weighted by Gasteiger charge is -2.35. The van der Waals surface area contributed by atoms with Crippen LogP contribution in [0.4, 0.5) is 0 Å². The first-order valence-corrected chi connectivity index (χ1v) is 12.7. The Labute approximate surface area is 214 Å². The Hall–Kier alpha value is -4.20. The van der Waals surface area contributed by atoms with Crippen molar-refractivity contribution in [3.63, 3.8) is 0 Å². The van der Waals surface area contributed by atoms with E-state index in [9.17, 15) is 9.59 Å². The van der Waals surface area contributed by atoms with Crippen LogP contribution < -0.4 is 14.8 Å². The van der Waals surface area contributed by atoms with Crippen molar-refractivity contribution in [1.29, 1.82) is 0 Å². The fraction of sp³-hybridized carbons (Fsp3) is 0.310. The molecule has 8 nitrogen and oxygen atoms in total. The second-order valence-electron chi connectivity index (χ2n) is 9.59. The van der Waals surface area contributed by atoms with Crippen molar-refractivity contribution in [2.75, 3.05) is 6.61 Å². The number of furan rings is 1. The highest BCUT2D eigenvalue weighted by Crippen LogP contribution is 2.35. The average Bonchev–Trinajstić information content (AvgIpc) is 3.71. The number of ether oxygens (including phenoxy) is 2. The maximum Gasteiger partial charge on any atom is 0.268 e. The highest BCUT2D eigenvalue weighted by molar-refractivity contribution is 5.95. The Balaban J connectivity index is 1.39. The number of hydrogen-bond acceptors (Lipinski definition) is 5. The van der Waals surface area contributed by atoms with Gasteiger partial charge >= 0.3 is 0 Å². The number of aromatic amines is 1. The van der Waals surface area contributed by atoms with Gasteiger partial charge in [-0.1, -0.05) is 43.2 Å². The van der Waals surface area contributed by atoms with Gasteiger partial charge in [-0.05, 0) is 43.2 Å². The van der Waals surface area contributed by atoms with Crippen molar-refractivity contribution >= 4 is 22.7 Å². The van der Waals surface area contributed by atoms with Crippen LogP contribution in [0, 0.1) is 0 Å². The zero-order valence-electron chi connectivity index (χ0n) is 20.4. The third kappa shape index (κ3) is 4.67. The molecule has 190 valence electrons. The van der Waals surface area contributed by atoms with Crippen LogP contribution in [0.25, 0.3) is 10.9 Å². The van der Waals surface area contributed by atoms with Gasteiger partial charge in [0.05, 0.1) is 12.8 Å². The molecule has 37 heavy (non-hydrogen) atoms. The lowest BCUT2D eigenvalue weighted by atomic mass is 10.0. The SMILES string of the molecule is O=C(NC1CCCC1)[C@H](c1c[nH]c2ccccc12)N(Cc1ccco1)C(=O)[C@@H]1COc2ccccc2O1. The van der Waals surface area contributed by atoms with Crippen molar-refractivity contribution in [2.45, 2.75) is 50.4 Å². The Bertz CT molecular complexity index is 1390. The molecule has 2 N–H and O–H groups in total. The van der Waals surface area contributed by atoms with Crippen LogP contribution in [0.2, 0.25) is 0 Å². The number of para-hydroxylation sites is 3. The number of carbonyl (C=O) groups is 2. The summed E-state index contributed by atoms with van der Waals surface area (Å²) < 4.78 is 17.5. The number of nitrogens with zero attached hydrogens (tertiary/aromatic N) is 1. The van der Waals surface area contributed by atoms with Crippen LogP contribution in [0.15, 0.2) is 77.5 Å². The third-order valence-corrected chi connectivity index (χ3v) is 7.15. The Morgan fingerprint density at radius 1 is 1.00 bits per heavy atom. The second kappa shape index (κ2) is 10.0. The van der Waals surface area contributed by atoms with Gasteiger partial charge in [0, 0.05) is 28.7 Å². The molecular formula is C29H29N3O5. The monoisotopic (exact) mass is 499 g/mol. The number of aromatic nitrogens is 1. The van der Waals surface area contributed by atoms with Gasteiger partial charge < -0.3 is 29.1 Å². The summed E-state index contributed by atoms with van der Waals surface area (Å²) in [6.07, 6.45) is 6.53. The molecule has 0 unspecified atom stereocenters. The van der Waals surface area contributed by atoms with E-state index in [1.807, 2.05) is 42.6 Å². The third-order valence-electron chi connectivity index (χ3n) is 7.15. The van der Waals surface area contributed by atoms with E-state index in [4.69, 9.17) is 13.9 Å². The minimum absolute atomic E-state index is 0.0509. The Kier molecular flexibility index (Phi) is 6.30. The molecule has 2 aromatic carbocycles. The topological polar surface area (TPSA) is 96.8 Å². The summed E-state index contributed by atoms with van der Waals surface area (Å²) in [4.78, 5) is 32.9. The van der Waals surface area contributed by atoms with Crippen molar-refractivity contribution in [3.05, 3.63) is 84.4 Å². The number of amides is 2. The Morgan fingerprint density at radius 2 is 1.78 bits per heavy atom. The van der Waals surface area contributed by atoms with Gasteiger partial charge in [-0.3, -0.25) is 9.59 Å². The minimum atomic E-state index is -0.906. The maximum atomic E-state index is 14.1. The number of nitrogens with one attached hydrogen (secondary N) is 2. The second-order valence-corrected chi connectivity index (χ2v) is 9.59. The van der Waals surface area contributed by atoms with Gasteiger partial charge in [-0.25, -0.2) is 0 Å². The Morgan fingerprint density at radius 3 is 2.59 bits per heavy atom. The number of carbonyl (C=O) groups excluding carboxylic acids is 2. The molecule has 0 saturated heterocycles. The largest absolute Gasteiger partial charge is 0.485 e. The summed E-state index contributed by atoms with van der Waals surface area (Å²) in [6.45, 7) is 0.158. The molecule has 6 rings (SSSR count). The molecule has 1 aliphatic carbocycles. The summed E-state index contributed by atoms with van der Waals surface area (Å²) in [5, 5.41) is 4.10. The first-order chi connectivity index (χ1) is 18.2. The minimum Gasteiger partial charge on any atom is -0.485 e. The molecule has 8 heteroatoms. The van der Waals surface area contributed by atoms with Gasteiger partial charge in [0.15, 0.2) is 11.5 Å². The van der Waals surface area contributed by atoms with E-state index in [1.165, 1.54) is 0 Å². The highest BCUT2D eigenvalue weighted by Gasteiger charge is 2.40. The first-order valence-electron chi connectivity index (χ1n) is 12.7. The highest BCUT2D eigenvalue weighted by atomic mass is 16.6. The molecule has 1 fully saturated rings. The standard InChI is InChI=1S/C29H29N3O5/c33-28(31-19-8-1-2-9-19)27(22-16-30-23-12-4-3-11-21(22)23)32(17-20-10-7-15-35-20)29(34)26-18-36-24-13-5-6-14-25(24)37-26/h3-7,10-16,19,26-27,30H,1-2,8-9,17-18H2,(H,31,33)/t26-,27-/m0/s1. The van der Waals surface area contributed by atoms with E-state index in [-0.39, 0.29) is 31.0 Å². The van der Waals surface area contributed by atoms with E-state index in [1.54, 1.807) is 35.4 Å². The van der Waals surface area contributed by atoms with Gasteiger partial charge in [0.25, 0.3) is 5.91 Å². The van der Waals surface area contributed by atoms with E-state index in [2.05, 4.69) is 10.3 Å². The van der Waals surface area contributed by atoms with Gasteiger partial charge in [-0.2, -0.15) is 0 Å². The normalized spacial score (nSPS) is 18.0. The van der Waals surface area contributed by atoms with Crippen molar-refractivity contribution < 1.29 is 23.5 Å². The molecule has 3 heterocycles. The summed E-state index contributed by atoms with van der Waals surface area (Å²) in [5.41, 5.74) is 1.62. The first kappa shape index (κ1) is 23.2. The van der Waals surface area contributed by atoms with E-state index < -0.39 is 12.1 Å². The van der Waals surface area contributed by atoms with E-state index in [0.717, 1.165) is 42.1 Å². The van der Waals surface area contributed by atoms with E-state index in [0.29, 0.717) is 17.3 Å². The number of benzene rings is 2. The van der Waals surface area contributed by atoms with Gasteiger partial charge in [-0.15, -0.1) is 0 Å². The van der Waals surface area contributed by atoms with Crippen LogP contribution in [-0.2, 0) is 16.1 Å². The molecule has 0 spiro atoms. The zero-order chi connectivity index (χ0) is 25.2. The van der Waals surface area contributed by atoms with Crippen molar-refractivity contribution in [1.82, 2.24) is 15.2 Å². The van der Waals surface area contributed by atoms with Crippen LogP contribution >= 0.6 is 0 Å². The number of hydrogen-bond donors (Lipinski definition) is 2. The summed E-state index contributed by atoms with van der Waals surface area (Å²) in [5.74, 6) is 1.11. The number of fused-ring (bicyclic) bond motifs is 2. The molecule has 2 amide bonds. The van der Waals surface area contributed by atoms with Crippen molar-refractivity contribution in [3.8, 4) is 11.5 Å². The summed E-state index contributed by atoms with van der Waals surface area (Å²) >= 11 is 0. The van der Waals surface area contributed by atoms with Crippen molar-refractivity contribution in [2.24, 2.45) is 0 Å². The van der Waals surface area contributed by atoms with Crippen LogP contribution in [-0.4, -0.2) is 40.5 Å². The lowest BCUT2D eigenvalue weighted by Crippen LogP contribution is -2.51. The van der Waals surface area contributed by atoms with Gasteiger partial charge in [0.1, 0.15) is 18.4 Å². The predicted molar refractivity (Wildman–Crippen MR) is 137 cm³/mol. The molecule has 2 atom stereocenters. The average molecular weight is 500 g/mol. The fourth-order valence-electron chi connectivity index (χ4n) is 5.31. The number of H-pyrrole nitrogens is 1. The lowest BCUT2D eigenvalue weighted by molar-refractivity contribution is -0.149. The molecule has 4 aromatic rings.